The third-order valence-corrected chi connectivity index (χ3v) is 8.40. The average molecular weight is 506 g/mol. The fourth-order valence-corrected chi connectivity index (χ4v) is 7.33. The topological polar surface area (TPSA) is 0 Å². The molecule has 0 radical (unpaired) electrons. The van der Waals surface area contributed by atoms with Crippen molar-refractivity contribution in [2.45, 2.75) is 19.8 Å². The Kier molecular flexibility index (Phi) is 13.6. The summed E-state index contributed by atoms with van der Waals surface area (Å²) >= 11 is 0. The van der Waals surface area contributed by atoms with Gasteiger partial charge in [-0.05, 0) is 12.0 Å². The van der Waals surface area contributed by atoms with Gasteiger partial charge in [-0.1, -0.05) is 115 Å². The van der Waals surface area contributed by atoms with Crippen molar-refractivity contribution in [3.63, 3.8) is 0 Å². The standard InChI is InChI=1S/C25H23Si.3ClH.Ti/c1-20-17-22(19-21-11-5-2-6-12-21)25(18-20)26(23-13-7-3-8-14-23)24-15-9-4-10-16-24;;;;/h2-16,26H,18-19H2,1H3;3*1H;/q-1;;;;+4/p-3. The van der Waals surface area contributed by atoms with Gasteiger partial charge in [-0.2, -0.15) is 5.57 Å². The van der Waals surface area contributed by atoms with E-state index in [1.54, 1.807) is 5.20 Å². The summed E-state index contributed by atoms with van der Waals surface area (Å²) in [5.41, 5.74) is 4.16. The minimum Gasteiger partial charge on any atom is -1.00 e. The van der Waals surface area contributed by atoms with Crippen molar-refractivity contribution in [3.8, 4) is 0 Å². The summed E-state index contributed by atoms with van der Waals surface area (Å²) in [4.78, 5) is 0. The molecule has 0 unspecified atom stereocenters. The van der Waals surface area contributed by atoms with Crippen LogP contribution in [0.15, 0.2) is 107 Å². The van der Waals surface area contributed by atoms with Crippen LogP contribution in [0.3, 0.4) is 0 Å². The molecule has 30 heavy (non-hydrogen) atoms. The molecule has 0 bridgehead atoms. The minimum atomic E-state index is -1.44. The summed E-state index contributed by atoms with van der Waals surface area (Å²) in [6, 6.07) is 33.0. The second-order valence-electron chi connectivity index (χ2n) is 7.00. The Morgan fingerprint density at radius 1 is 0.700 bits per heavy atom. The molecule has 0 amide bonds. The third kappa shape index (κ3) is 6.99. The first-order valence-corrected chi connectivity index (χ1v) is 11.0. The van der Waals surface area contributed by atoms with Gasteiger partial charge in [0.15, 0.2) is 0 Å². The third-order valence-electron chi connectivity index (χ3n) is 5.05. The van der Waals surface area contributed by atoms with Gasteiger partial charge in [0.05, 0.1) is 0 Å². The van der Waals surface area contributed by atoms with Crippen molar-refractivity contribution in [2.24, 2.45) is 0 Å². The fourth-order valence-electron chi connectivity index (χ4n) is 3.89. The van der Waals surface area contributed by atoms with E-state index in [1.165, 1.54) is 27.1 Å². The van der Waals surface area contributed by atoms with Gasteiger partial charge in [0, 0.05) is 8.80 Å². The maximum atomic E-state index is 3.70. The smallest absolute Gasteiger partial charge is 1.00 e. The van der Waals surface area contributed by atoms with E-state index in [0.29, 0.717) is 0 Å². The molecular weight excluding hydrogens is 483 g/mol. The average Bonchev–Trinajstić information content (AvgIpc) is 3.04. The molecule has 152 valence electrons. The second-order valence-corrected chi connectivity index (χ2v) is 9.90. The van der Waals surface area contributed by atoms with Crippen LogP contribution in [0.1, 0.15) is 18.9 Å². The second kappa shape index (κ2) is 14.1. The number of halogens is 3. The molecule has 1 aliphatic rings. The maximum absolute atomic E-state index is 3.70. The molecule has 1 aliphatic carbocycles. The van der Waals surface area contributed by atoms with E-state index in [2.05, 4.69) is 104 Å². The van der Waals surface area contributed by atoms with Crippen molar-refractivity contribution < 1.29 is 58.9 Å². The summed E-state index contributed by atoms with van der Waals surface area (Å²) in [6.07, 6.45) is 5.76. The summed E-state index contributed by atoms with van der Waals surface area (Å²) in [7, 11) is -1.44. The van der Waals surface area contributed by atoms with Crippen LogP contribution in [-0.2, 0) is 28.1 Å². The van der Waals surface area contributed by atoms with Gasteiger partial charge < -0.3 is 37.2 Å². The van der Waals surface area contributed by atoms with Crippen LogP contribution in [0.4, 0.5) is 0 Å². The van der Waals surface area contributed by atoms with Gasteiger partial charge >= 0.3 is 21.7 Å². The Labute approximate surface area is 215 Å². The molecule has 0 saturated heterocycles. The molecule has 0 aliphatic heterocycles. The van der Waals surface area contributed by atoms with Crippen LogP contribution in [-0.4, -0.2) is 8.80 Å². The van der Waals surface area contributed by atoms with Crippen molar-refractivity contribution in [1.29, 1.82) is 0 Å². The van der Waals surface area contributed by atoms with Gasteiger partial charge in [-0.3, -0.25) is 0 Å². The van der Waals surface area contributed by atoms with E-state index in [-0.39, 0.29) is 58.9 Å². The van der Waals surface area contributed by atoms with Gasteiger partial charge in [0.1, 0.15) is 0 Å². The summed E-state index contributed by atoms with van der Waals surface area (Å²) in [5.74, 6) is 0. The predicted octanol–water partition coefficient (Wildman–Crippen LogP) is -4.73. The molecule has 0 heterocycles. The Balaban J connectivity index is 0.00000210. The number of hydrogen-bond acceptors (Lipinski definition) is 0. The zero-order valence-electron chi connectivity index (χ0n) is 16.8. The molecular formula is C25H23Cl3SiTi. The van der Waals surface area contributed by atoms with Gasteiger partial charge in [-0.15, -0.1) is 0 Å². The Hall–Kier alpha value is -1.06. The van der Waals surface area contributed by atoms with E-state index in [1.807, 2.05) is 0 Å². The van der Waals surface area contributed by atoms with E-state index in [9.17, 15) is 0 Å². The van der Waals surface area contributed by atoms with Crippen molar-refractivity contribution >= 4 is 19.2 Å². The molecule has 0 spiro atoms. The van der Waals surface area contributed by atoms with Crippen LogP contribution < -0.4 is 47.6 Å². The first kappa shape index (κ1) is 28.9. The predicted molar refractivity (Wildman–Crippen MR) is 114 cm³/mol. The summed E-state index contributed by atoms with van der Waals surface area (Å²) < 4.78 is 0. The Morgan fingerprint density at radius 3 is 1.60 bits per heavy atom. The molecule has 0 N–H and O–H groups in total. The number of rotatable bonds is 5. The maximum Gasteiger partial charge on any atom is 4.00 e. The normalized spacial score (nSPS) is 12.1. The first-order chi connectivity index (χ1) is 12.8. The quantitative estimate of drug-likeness (QED) is 0.242. The van der Waals surface area contributed by atoms with Crippen molar-refractivity contribution in [1.82, 2.24) is 0 Å². The molecule has 3 aromatic carbocycles. The van der Waals surface area contributed by atoms with E-state index < -0.39 is 8.80 Å². The molecule has 0 nitrogen and oxygen atoms in total. The van der Waals surface area contributed by atoms with E-state index in [0.717, 1.165) is 12.8 Å². The molecule has 0 fully saturated rings. The SMILES string of the molecule is CC1=[C-]C(Cc2ccccc2)=C([SiH](c2ccccc2)c2ccccc2)C1.[Cl-].[Cl-].[Cl-].[Ti+4]. The first-order valence-electron chi connectivity index (χ1n) is 9.26. The monoisotopic (exact) mass is 504 g/mol. The Bertz CT molecular complexity index is 902. The zero-order chi connectivity index (χ0) is 17.8. The van der Waals surface area contributed by atoms with Crippen molar-refractivity contribution in [3.05, 3.63) is 119 Å². The molecule has 0 atom stereocenters. The van der Waals surface area contributed by atoms with Crippen LogP contribution in [0, 0.1) is 6.08 Å². The van der Waals surface area contributed by atoms with Crippen molar-refractivity contribution in [2.75, 3.05) is 0 Å². The minimum absolute atomic E-state index is 0. The molecule has 5 heteroatoms. The zero-order valence-corrected chi connectivity index (χ0v) is 21.8. The molecule has 3 aromatic rings. The summed E-state index contributed by atoms with van der Waals surface area (Å²) in [6.45, 7) is 2.22. The number of allylic oxidation sites excluding steroid dienone is 4. The molecule has 4 rings (SSSR count). The van der Waals surface area contributed by atoms with Crippen LogP contribution in [0.5, 0.6) is 0 Å². The number of hydrogen-bond donors (Lipinski definition) is 0. The molecule has 0 aromatic heterocycles. The largest absolute Gasteiger partial charge is 4.00 e. The van der Waals surface area contributed by atoms with E-state index in [4.69, 9.17) is 0 Å². The number of benzene rings is 3. The van der Waals surface area contributed by atoms with Gasteiger partial charge in [0.25, 0.3) is 0 Å². The molecule has 0 saturated carbocycles. The van der Waals surface area contributed by atoms with Crippen LogP contribution in [0.25, 0.3) is 0 Å². The van der Waals surface area contributed by atoms with Crippen LogP contribution in [0.2, 0.25) is 0 Å². The van der Waals surface area contributed by atoms with E-state index >= 15 is 0 Å². The van der Waals surface area contributed by atoms with Gasteiger partial charge in [-0.25, -0.2) is 16.8 Å². The van der Waals surface area contributed by atoms with Gasteiger partial charge in [0.2, 0.25) is 0 Å². The summed E-state index contributed by atoms with van der Waals surface area (Å²) in [5, 5.41) is 4.62. The Morgan fingerprint density at radius 2 is 1.13 bits per heavy atom. The fraction of sp³-hybridized carbons (Fsp3) is 0.120. The van der Waals surface area contributed by atoms with Crippen LogP contribution >= 0.6 is 0 Å².